The molecule has 0 bridgehead atoms. The van der Waals surface area contributed by atoms with E-state index in [0.717, 1.165) is 11.3 Å². The van der Waals surface area contributed by atoms with Crippen molar-refractivity contribution in [3.8, 4) is 11.3 Å². The van der Waals surface area contributed by atoms with E-state index in [0.29, 0.717) is 17.7 Å². The maximum absolute atomic E-state index is 10.6. The third kappa shape index (κ3) is 1.39. The van der Waals surface area contributed by atoms with Gasteiger partial charge in [0.1, 0.15) is 5.69 Å². The maximum Gasteiger partial charge on any atom is 0.172 e. The van der Waals surface area contributed by atoms with Crippen LogP contribution in [0.15, 0.2) is 18.3 Å². The van der Waals surface area contributed by atoms with Crippen LogP contribution in [-0.4, -0.2) is 26.7 Å². The molecule has 0 aliphatic rings. The number of pyridine rings is 1. The van der Waals surface area contributed by atoms with Gasteiger partial charge in [0.05, 0.1) is 0 Å². The van der Waals surface area contributed by atoms with Gasteiger partial charge in [0.2, 0.25) is 0 Å². The molecule has 0 aliphatic heterocycles. The predicted molar refractivity (Wildman–Crippen MR) is 49.7 cm³/mol. The van der Waals surface area contributed by atoms with E-state index in [2.05, 4.69) is 20.4 Å². The number of rotatable bonds is 2. The fraction of sp³-hybridized carbons (Fsp3) is 0.111. The second-order valence-corrected chi connectivity index (χ2v) is 2.86. The van der Waals surface area contributed by atoms with E-state index in [1.165, 1.54) is 0 Å². The highest BCUT2D eigenvalue weighted by atomic mass is 16.1. The molecule has 0 fully saturated rings. The maximum atomic E-state index is 10.6. The number of aromatic nitrogens is 4. The molecule has 0 saturated carbocycles. The largest absolute Gasteiger partial charge is 0.296 e. The number of carbonyl (C=O) groups excluding carboxylic acids is 1. The van der Waals surface area contributed by atoms with E-state index in [9.17, 15) is 4.79 Å². The minimum absolute atomic E-state index is 0.315. The average Bonchev–Trinajstić information content (AvgIpc) is 2.65. The van der Waals surface area contributed by atoms with Gasteiger partial charge in [-0.3, -0.25) is 9.78 Å². The van der Waals surface area contributed by atoms with Crippen LogP contribution in [-0.2, 0) is 0 Å². The van der Waals surface area contributed by atoms with Gasteiger partial charge in [-0.1, -0.05) is 0 Å². The van der Waals surface area contributed by atoms with Crippen molar-refractivity contribution < 1.29 is 4.79 Å². The Morgan fingerprint density at radius 3 is 3.00 bits per heavy atom. The predicted octanol–water partition coefficient (Wildman–Crippen LogP) is 0.988. The van der Waals surface area contributed by atoms with Crippen LogP contribution < -0.4 is 0 Å². The summed E-state index contributed by atoms with van der Waals surface area (Å²) in [5.74, 6) is 0. The van der Waals surface area contributed by atoms with Crippen LogP contribution in [0.4, 0.5) is 0 Å². The summed E-state index contributed by atoms with van der Waals surface area (Å²) in [5, 5.41) is 10.0. The van der Waals surface area contributed by atoms with Crippen molar-refractivity contribution >= 4 is 6.29 Å². The highest BCUT2D eigenvalue weighted by Gasteiger charge is 2.08. The van der Waals surface area contributed by atoms with Crippen molar-refractivity contribution in [3.05, 3.63) is 29.7 Å². The summed E-state index contributed by atoms with van der Waals surface area (Å²) in [6.45, 7) is 1.88. The van der Waals surface area contributed by atoms with Crippen molar-refractivity contribution in [1.29, 1.82) is 0 Å². The smallest absolute Gasteiger partial charge is 0.172 e. The standard InChI is InChI=1S/C9H8N4O/c1-6-4-7(2-3-10-6)9-8(5-14)11-13-12-9/h2-5H,1H3,(H,11,12,13). The molecule has 0 aliphatic carbocycles. The van der Waals surface area contributed by atoms with Gasteiger partial charge in [-0.25, -0.2) is 0 Å². The molecular weight excluding hydrogens is 180 g/mol. The molecule has 2 aromatic rings. The number of aldehydes is 1. The SMILES string of the molecule is Cc1cc(-c2n[nH]nc2C=O)ccn1. The van der Waals surface area contributed by atoms with Crippen LogP contribution in [0.2, 0.25) is 0 Å². The quantitative estimate of drug-likeness (QED) is 0.713. The van der Waals surface area contributed by atoms with Gasteiger partial charge < -0.3 is 0 Å². The summed E-state index contributed by atoms with van der Waals surface area (Å²) in [5.41, 5.74) is 2.59. The third-order valence-corrected chi connectivity index (χ3v) is 1.86. The average molecular weight is 188 g/mol. The first-order valence-corrected chi connectivity index (χ1v) is 4.10. The Kier molecular flexibility index (Phi) is 2.06. The van der Waals surface area contributed by atoms with Crippen molar-refractivity contribution in [2.75, 3.05) is 0 Å². The summed E-state index contributed by atoms with van der Waals surface area (Å²) < 4.78 is 0. The minimum atomic E-state index is 0.315. The molecule has 70 valence electrons. The van der Waals surface area contributed by atoms with Crippen LogP contribution in [0.3, 0.4) is 0 Å². The van der Waals surface area contributed by atoms with E-state index in [1.807, 2.05) is 13.0 Å². The molecule has 2 heterocycles. The molecule has 0 atom stereocenters. The first-order valence-electron chi connectivity index (χ1n) is 4.10. The number of nitrogens with zero attached hydrogens (tertiary/aromatic N) is 3. The van der Waals surface area contributed by atoms with Gasteiger partial charge in [0.15, 0.2) is 12.0 Å². The molecule has 5 heteroatoms. The number of H-pyrrole nitrogens is 1. The number of nitrogens with one attached hydrogen (secondary N) is 1. The Morgan fingerprint density at radius 2 is 2.29 bits per heavy atom. The van der Waals surface area contributed by atoms with Crippen LogP contribution >= 0.6 is 0 Å². The van der Waals surface area contributed by atoms with E-state index >= 15 is 0 Å². The van der Waals surface area contributed by atoms with Gasteiger partial charge in [-0.15, -0.1) is 0 Å². The van der Waals surface area contributed by atoms with Crippen molar-refractivity contribution in [3.63, 3.8) is 0 Å². The lowest BCUT2D eigenvalue weighted by atomic mass is 10.1. The zero-order valence-electron chi connectivity index (χ0n) is 7.56. The Labute approximate surface area is 80.2 Å². The Bertz CT molecular complexity index is 463. The summed E-state index contributed by atoms with van der Waals surface area (Å²) >= 11 is 0. The summed E-state index contributed by atoms with van der Waals surface area (Å²) in [6, 6.07) is 3.64. The van der Waals surface area contributed by atoms with Gasteiger partial charge in [-0.2, -0.15) is 15.4 Å². The molecule has 0 aromatic carbocycles. The molecule has 0 unspecified atom stereocenters. The summed E-state index contributed by atoms with van der Waals surface area (Å²) in [4.78, 5) is 14.7. The fourth-order valence-corrected chi connectivity index (χ4v) is 1.23. The lowest BCUT2D eigenvalue weighted by molar-refractivity contribution is 0.111. The lowest BCUT2D eigenvalue weighted by Crippen LogP contribution is -1.87. The van der Waals surface area contributed by atoms with Gasteiger partial charge in [0, 0.05) is 17.5 Å². The van der Waals surface area contributed by atoms with Gasteiger partial charge in [-0.05, 0) is 19.1 Å². The van der Waals surface area contributed by atoms with Crippen molar-refractivity contribution in [1.82, 2.24) is 20.4 Å². The van der Waals surface area contributed by atoms with Crippen LogP contribution in [0.1, 0.15) is 16.2 Å². The highest BCUT2D eigenvalue weighted by molar-refractivity contribution is 5.82. The van der Waals surface area contributed by atoms with Gasteiger partial charge in [0.25, 0.3) is 0 Å². The summed E-state index contributed by atoms with van der Waals surface area (Å²) in [6.07, 6.45) is 2.35. The second kappa shape index (κ2) is 3.37. The van der Waals surface area contributed by atoms with Crippen molar-refractivity contribution in [2.24, 2.45) is 0 Å². The van der Waals surface area contributed by atoms with E-state index < -0.39 is 0 Å². The molecule has 14 heavy (non-hydrogen) atoms. The Balaban J connectivity index is 2.54. The molecule has 0 radical (unpaired) electrons. The topological polar surface area (TPSA) is 71.5 Å². The molecule has 5 nitrogen and oxygen atoms in total. The number of aryl methyl sites for hydroxylation is 1. The van der Waals surface area contributed by atoms with Crippen LogP contribution in [0.5, 0.6) is 0 Å². The zero-order chi connectivity index (χ0) is 9.97. The molecule has 0 amide bonds. The number of hydrogen-bond acceptors (Lipinski definition) is 4. The first kappa shape index (κ1) is 8.55. The van der Waals surface area contributed by atoms with Crippen LogP contribution in [0.25, 0.3) is 11.3 Å². The number of aromatic amines is 1. The molecular formula is C9H8N4O. The minimum Gasteiger partial charge on any atom is -0.296 e. The lowest BCUT2D eigenvalue weighted by Gasteiger charge is -1.96. The molecule has 2 rings (SSSR count). The van der Waals surface area contributed by atoms with Crippen molar-refractivity contribution in [2.45, 2.75) is 6.92 Å². The van der Waals surface area contributed by atoms with E-state index in [1.54, 1.807) is 12.3 Å². The Hall–Kier alpha value is -2.04. The second-order valence-electron chi connectivity index (χ2n) is 2.86. The number of hydrogen-bond donors (Lipinski definition) is 1. The summed E-state index contributed by atoms with van der Waals surface area (Å²) in [7, 11) is 0. The monoisotopic (exact) mass is 188 g/mol. The Morgan fingerprint density at radius 1 is 1.43 bits per heavy atom. The van der Waals surface area contributed by atoms with Gasteiger partial charge >= 0.3 is 0 Å². The molecule has 0 spiro atoms. The van der Waals surface area contributed by atoms with E-state index in [4.69, 9.17) is 0 Å². The third-order valence-electron chi connectivity index (χ3n) is 1.86. The zero-order valence-corrected chi connectivity index (χ0v) is 7.56. The van der Waals surface area contributed by atoms with E-state index in [-0.39, 0.29) is 0 Å². The molecule has 0 saturated heterocycles. The molecule has 2 aromatic heterocycles. The fourth-order valence-electron chi connectivity index (χ4n) is 1.23. The normalized spacial score (nSPS) is 10.1. The highest BCUT2D eigenvalue weighted by Crippen LogP contribution is 2.17. The van der Waals surface area contributed by atoms with Crippen LogP contribution in [0, 0.1) is 6.92 Å². The number of carbonyl (C=O) groups is 1. The first-order chi connectivity index (χ1) is 6.81. The molecule has 1 N–H and O–H groups in total.